The van der Waals surface area contributed by atoms with E-state index in [-0.39, 0.29) is 0 Å². The van der Waals surface area contributed by atoms with Gasteiger partial charge >= 0.3 is 5.97 Å². The Hall–Kier alpha value is -2.00. The van der Waals surface area contributed by atoms with E-state index in [0.717, 1.165) is 5.56 Å². The van der Waals surface area contributed by atoms with Crippen LogP contribution in [-0.4, -0.2) is 11.1 Å². The molecule has 98 valence electrons. The Morgan fingerprint density at radius 3 is 2.47 bits per heavy atom. The molecule has 0 amide bonds. The molecule has 0 aromatic heterocycles. The Kier molecular flexibility index (Phi) is 4.07. The summed E-state index contributed by atoms with van der Waals surface area (Å²) >= 11 is 5.79. The van der Waals surface area contributed by atoms with E-state index in [2.05, 4.69) is 0 Å². The van der Waals surface area contributed by atoms with Crippen molar-refractivity contribution in [1.82, 2.24) is 0 Å². The lowest BCUT2D eigenvalue weighted by molar-refractivity contribution is -0.145. The van der Waals surface area contributed by atoms with Crippen molar-refractivity contribution in [3.05, 3.63) is 64.7 Å². The highest BCUT2D eigenvalue weighted by molar-refractivity contribution is 6.30. The molecule has 1 N–H and O–H groups in total. The number of rotatable bonds is 4. The number of carboxylic acids is 1. The maximum absolute atomic E-state index is 11.3. The molecule has 0 aliphatic rings. The average molecular weight is 277 g/mol. The molecular weight excluding hydrogens is 264 g/mol. The van der Waals surface area contributed by atoms with Crippen molar-refractivity contribution < 1.29 is 14.6 Å². The molecule has 2 aromatic rings. The van der Waals surface area contributed by atoms with Gasteiger partial charge in [0.2, 0.25) is 6.10 Å². The summed E-state index contributed by atoms with van der Waals surface area (Å²) in [5, 5.41) is 9.83. The SMILES string of the molecule is Cc1cccc(OC(C(=O)O)c2ccc(Cl)cc2)c1. The number of aliphatic carboxylic acids is 1. The van der Waals surface area contributed by atoms with Gasteiger partial charge in [0.25, 0.3) is 0 Å². The van der Waals surface area contributed by atoms with Crippen molar-refractivity contribution >= 4 is 17.6 Å². The highest BCUT2D eigenvalue weighted by Crippen LogP contribution is 2.24. The number of halogens is 1. The minimum Gasteiger partial charge on any atom is -0.478 e. The molecule has 0 bridgehead atoms. The predicted octanol–water partition coefficient (Wildman–Crippen LogP) is 3.85. The highest BCUT2D eigenvalue weighted by Gasteiger charge is 2.21. The van der Waals surface area contributed by atoms with Crippen LogP contribution in [0.3, 0.4) is 0 Å². The molecule has 2 aromatic carbocycles. The van der Waals surface area contributed by atoms with Gasteiger partial charge < -0.3 is 9.84 Å². The lowest BCUT2D eigenvalue weighted by Crippen LogP contribution is -2.18. The van der Waals surface area contributed by atoms with Crippen LogP contribution in [0.25, 0.3) is 0 Å². The number of hydrogen-bond donors (Lipinski definition) is 1. The normalized spacial score (nSPS) is 11.9. The van der Waals surface area contributed by atoms with E-state index in [1.807, 2.05) is 19.1 Å². The van der Waals surface area contributed by atoms with Crippen LogP contribution in [0.15, 0.2) is 48.5 Å². The topological polar surface area (TPSA) is 46.5 Å². The Morgan fingerprint density at radius 2 is 1.89 bits per heavy atom. The predicted molar refractivity (Wildman–Crippen MR) is 73.6 cm³/mol. The summed E-state index contributed by atoms with van der Waals surface area (Å²) in [5.41, 5.74) is 1.57. The van der Waals surface area contributed by atoms with E-state index in [1.165, 1.54) is 0 Å². The molecule has 0 saturated heterocycles. The fraction of sp³-hybridized carbons (Fsp3) is 0.133. The first-order valence-electron chi connectivity index (χ1n) is 5.78. The monoisotopic (exact) mass is 276 g/mol. The quantitative estimate of drug-likeness (QED) is 0.922. The second kappa shape index (κ2) is 5.76. The van der Waals surface area contributed by atoms with Gasteiger partial charge in [0.05, 0.1) is 0 Å². The third-order valence-corrected chi connectivity index (χ3v) is 2.89. The molecule has 0 fully saturated rings. The van der Waals surface area contributed by atoms with Gasteiger partial charge in [-0.2, -0.15) is 0 Å². The van der Waals surface area contributed by atoms with Gasteiger partial charge in [-0.25, -0.2) is 4.79 Å². The summed E-state index contributed by atoms with van der Waals surface area (Å²) in [6.45, 7) is 1.92. The number of carbonyl (C=O) groups is 1. The highest BCUT2D eigenvalue weighted by atomic mass is 35.5. The molecule has 0 saturated carbocycles. The van der Waals surface area contributed by atoms with E-state index >= 15 is 0 Å². The molecule has 1 atom stereocenters. The zero-order chi connectivity index (χ0) is 13.8. The van der Waals surface area contributed by atoms with Crippen LogP contribution in [0.2, 0.25) is 5.02 Å². The largest absolute Gasteiger partial charge is 0.478 e. The lowest BCUT2D eigenvalue weighted by atomic mass is 10.1. The van der Waals surface area contributed by atoms with Crippen LogP contribution in [-0.2, 0) is 4.79 Å². The Labute approximate surface area is 116 Å². The van der Waals surface area contributed by atoms with Gasteiger partial charge in [0, 0.05) is 10.6 Å². The molecule has 0 aliphatic heterocycles. The van der Waals surface area contributed by atoms with E-state index in [9.17, 15) is 9.90 Å². The van der Waals surface area contributed by atoms with Gasteiger partial charge in [-0.3, -0.25) is 0 Å². The van der Waals surface area contributed by atoms with Crippen LogP contribution in [0.1, 0.15) is 17.2 Å². The van der Waals surface area contributed by atoms with Crippen molar-refractivity contribution in [3.63, 3.8) is 0 Å². The van der Waals surface area contributed by atoms with Crippen molar-refractivity contribution in [2.45, 2.75) is 13.0 Å². The number of benzene rings is 2. The second-order valence-electron chi connectivity index (χ2n) is 4.20. The molecule has 0 spiro atoms. The third-order valence-electron chi connectivity index (χ3n) is 2.64. The number of carboxylic acid groups (broad SMARTS) is 1. The average Bonchev–Trinajstić information content (AvgIpc) is 2.37. The van der Waals surface area contributed by atoms with Crippen molar-refractivity contribution in [2.75, 3.05) is 0 Å². The van der Waals surface area contributed by atoms with Gasteiger partial charge in [-0.1, -0.05) is 35.9 Å². The molecular formula is C15H13ClO3. The van der Waals surface area contributed by atoms with Crippen molar-refractivity contribution in [1.29, 1.82) is 0 Å². The fourth-order valence-corrected chi connectivity index (χ4v) is 1.85. The van der Waals surface area contributed by atoms with Gasteiger partial charge in [-0.05, 0) is 36.8 Å². The van der Waals surface area contributed by atoms with Crippen LogP contribution in [0.4, 0.5) is 0 Å². The molecule has 3 nitrogen and oxygen atoms in total. The molecule has 0 aliphatic carbocycles. The van der Waals surface area contributed by atoms with E-state index < -0.39 is 12.1 Å². The third kappa shape index (κ3) is 3.48. The molecule has 0 radical (unpaired) electrons. The lowest BCUT2D eigenvalue weighted by Gasteiger charge is -2.15. The van der Waals surface area contributed by atoms with Gasteiger partial charge in [0.15, 0.2) is 0 Å². The first kappa shape index (κ1) is 13.4. The summed E-state index contributed by atoms with van der Waals surface area (Å²) in [6.07, 6.45) is -1.04. The van der Waals surface area contributed by atoms with Crippen LogP contribution < -0.4 is 4.74 Å². The summed E-state index contributed by atoms with van der Waals surface area (Å²) in [5.74, 6) is -0.508. The Bertz CT molecular complexity index is 578. The first-order valence-corrected chi connectivity index (χ1v) is 6.15. The maximum atomic E-state index is 11.3. The van der Waals surface area contributed by atoms with Gasteiger partial charge in [-0.15, -0.1) is 0 Å². The van der Waals surface area contributed by atoms with E-state index in [0.29, 0.717) is 16.3 Å². The minimum atomic E-state index is -1.04. The Morgan fingerprint density at radius 1 is 1.21 bits per heavy atom. The first-order chi connectivity index (χ1) is 9.06. The zero-order valence-electron chi connectivity index (χ0n) is 10.3. The number of aryl methyl sites for hydroxylation is 1. The maximum Gasteiger partial charge on any atom is 0.349 e. The van der Waals surface area contributed by atoms with Crippen LogP contribution >= 0.6 is 11.6 Å². The number of ether oxygens (including phenoxy) is 1. The molecule has 1 unspecified atom stereocenters. The van der Waals surface area contributed by atoms with Crippen LogP contribution in [0.5, 0.6) is 5.75 Å². The Balaban J connectivity index is 2.26. The van der Waals surface area contributed by atoms with Gasteiger partial charge in [0.1, 0.15) is 5.75 Å². The standard InChI is InChI=1S/C15H13ClO3/c1-10-3-2-4-13(9-10)19-14(15(17)18)11-5-7-12(16)8-6-11/h2-9,14H,1H3,(H,17,18). The number of hydrogen-bond acceptors (Lipinski definition) is 2. The summed E-state index contributed by atoms with van der Waals surface area (Å²) < 4.78 is 5.54. The summed E-state index contributed by atoms with van der Waals surface area (Å²) in [7, 11) is 0. The second-order valence-corrected chi connectivity index (χ2v) is 4.64. The molecule has 0 heterocycles. The minimum absolute atomic E-state index is 0.530. The van der Waals surface area contributed by atoms with Crippen molar-refractivity contribution in [2.24, 2.45) is 0 Å². The fourth-order valence-electron chi connectivity index (χ4n) is 1.72. The van der Waals surface area contributed by atoms with Crippen LogP contribution in [0, 0.1) is 6.92 Å². The zero-order valence-corrected chi connectivity index (χ0v) is 11.1. The van der Waals surface area contributed by atoms with Crippen molar-refractivity contribution in [3.8, 4) is 5.75 Å². The molecule has 2 rings (SSSR count). The molecule has 19 heavy (non-hydrogen) atoms. The van der Waals surface area contributed by atoms with E-state index in [4.69, 9.17) is 16.3 Å². The molecule has 4 heteroatoms. The smallest absolute Gasteiger partial charge is 0.349 e. The van der Waals surface area contributed by atoms with E-state index in [1.54, 1.807) is 36.4 Å². The summed E-state index contributed by atoms with van der Waals surface area (Å²) in [4.78, 5) is 11.3. The summed E-state index contributed by atoms with van der Waals surface area (Å²) in [6, 6.07) is 13.9.